The molecule has 0 aromatic rings. The Morgan fingerprint density at radius 2 is 1.92 bits per heavy atom. The lowest BCUT2D eigenvalue weighted by Gasteiger charge is -2.07. The Labute approximate surface area is 73.8 Å². The van der Waals surface area contributed by atoms with Crippen molar-refractivity contribution in [3.8, 4) is 0 Å². The number of hydrogen-bond acceptors (Lipinski definition) is 4. The molecule has 72 valence electrons. The maximum absolute atomic E-state index is 11.0. The van der Waals surface area contributed by atoms with Crippen molar-refractivity contribution in [2.75, 3.05) is 19.3 Å². The molecule has 0 aliphatic carbocycles. The maximum Gasteiger partial charge on any atom is 0.173 e. The number of hydrogen-bond donors (Lipinski definition) is 2. The van der Waals surface area contributed by atoms with Crippen molar-refractivity contribution in [3.05, 3.63) is 10.6 Å². The molecule has 0 radical (unpaired) electrons. The van der Waals surface area contributed by atoms with Crippen LogP contribution in [0.2, 0.25) is 0 Å². The van der Waals surface area contributed by atoms with Crippen LogP contribution in [0.15, 0.2) is 10.6 Å². The molecule has 0 rings (SSSR count). The van der Waals surface area contributed by atoms with Crippen LogP contribution in [0, 0.1) is 0 Å². The normalized spacial score (nSPS) is 14.0. The second kappa shape index (κ2) is 4.47. The minimum absolute atomic E-state index is 0.371. The van der Waals surface area contributed by atoms with Crippen molar-refractivity contribution in [1.82, 2.24) is 5.32 Å². The van der Waals surface area contributed by atoms with E-state index < -0.39 is 9.84 Å². The van der Waals surface area contributed by atoms with E-state index in [-0.39, 0.29) is 0 Å². The SMILES string of the molecule is C/C(NCCN)=C(\C)S(C)(=O)=O. The molecule has 0 aliphatic heterocycles. The van der Waals surface area contributed by atoms with Crippen molar-refractivity contribution in [2.24, 2.45) is 5.73 Å². The van der Waals surface area contributed by atoms with Gasteiger partial charge in [0.05, 0.1) is 4.91 Å². The molecule has 0 aromatic heterocycles. The van der Waals surface area contributed by atoms with E-state index in [1.54, 1.807) is 13.8 Å². The molecule has 0 heterocycles. The van der Waals surface area contributed by atoms with Gasteiger partial charge in [0, 0.05) is 25.0 Å². The van der Waals surface area contributed by atoms with E-state index in [1.165, 1.54) is 6.26 Å². The van der Waals surface area contributed by atoms with Gasteiger partial charge in [0.25, 0.3) is 0 Å². The van der Waals surface area contributed by atoms with Crippen molar-refractivity contribution < 1.29 is 8.42 Å². The number of nitrogens with one attached hydrogen (secondary N) is 1. The van der Waals surface area contributed by atoms with Crippen LogP contribution in [-0.4, -0.2) is 27.8 Å². The molecular formula is C7H16N2O2S. The van der Waals surface area contributed by atoms with Gasteiger partial charge >= 0.3 is 0 Å². The van der Waals surface area contributed by atoms with Gasteiger partial charge in [0.2, 0.25) is 0 Å². The highest BCUT2D eigenvalue weighted by Crippen LogP contribution is 2.06. The molecule has 5 heteroatoms. The first-order valence-corrected chi connectivity index (χ1v) is 5.60. The topological polar surface area (TPSA) is 72.2 Å². The van der Waals surface area contributed by atoms with Gasteiger partial charge in [0.15, 0.2) is 9.84 Å². The van der Waals surface area contributed by atoms with Crippen LogP contribution in [0.3, 0.4) is 0 Å². The van der Waals surface area contributed by atoms with E-state index in [0.717, 1.165) is 0 Å². The van der Waals surface area contributed by atoms with E-state index in [9.17, 15) is 8.42 Å². The fraction of sp³-hybridized carbons (Fsp3) is 0.714. The molecular weight excluding hydrogens is 176 g/mol. The van der Waals surface area contributed by atoms with Crippen molar-refractivity contribution in [2.45, 2.75) is 13.8 Å². The summed E-state index contributed by atoms with van der Waals surface area (Å²) in [6.07, 6.45) is 1.19. The number of rotatable bonds is 4. The quantitative estimate of drug-likeness (QED) is 0.648. The third-order valence-corrected chi connectivity index (χ3v) is 3.04. The predicted molar refractivity (Wildman–Crippen MR) is 50.3 cm³/mol. The zero-order valence-corrected chi connectivity index (χ0v) is 8.53. The zero-order chi connectivity index (χ0) is 9.78. The van der Waals surface area contributed by atoms with Gasteiger partial charge in [-0.05, 0) is 13.8 Å². The highest BCUT2D eigenvalue weighted by atomic mass is 32.2. The van der Waals surface area contributed by atoms with E-state index in [4.69, 9.17) is 5.73 Å². The van der Waals surface area contributed by atoms with E-state index in [1.807, 2.05) is 0 Å². The summed E-state index contributed by atoms with van der Waals surface area (Å²) in [7, 11) is -3.06. The lowest BCUT2D eigenvalue weighted by molar-refractivity contribution is 0.606. The number of nitrogens with two attached hydrogens (primary N) is 1. The minimum atomic E-state index is -3.06. The van der Waals surface area contributed by atoms with Crippen molar-refractivity contribution in [1.29, 1.82) is 0 Å². The van der Waals surface area contributed by atoms with Gasteiger partial charge < -0.3 is 11.1 Å². The zero-order valence-electron chi connectivity index (χ0n) is 7.72. The average Bonchev–Trinajstić information content (AvgIpc) is 1.97. The molecule has 0 atom stereocenters. The summed E-state index contributed by atoms with van der Waals surface area (Å²) in [6.45, 7) is 4.40. The smallest absolute Gasteiger partial charge is 0.173 e. The predicted octanol–water partition coefficient (Wildman–Crippen LogP) is -0.169. The first-order valence-electron chi connectivity index (χ1n) is 3.71. The van der Waals surface area contributed by atoms with Crippen LogP contribution in [0.1, 0.15) is 13.8 Å². The maximum atomic E-state index is 11.0. The third-order valence-electron chi connectivity index (χ3n) is 1.62. The third kappa shape index (κ3) is 3.73. The fourth-order valence-electron chi connectivity index (χ4n) is 0.662. The second-order valence-corrected chi connectivity index (χ2v) is 4.83. The summed E-state index contributed by atoms with van der Waals surface area (Å²) in [5, 5.41) is 2.91. The number of allylic oxidation sites excluding steroid dienone is 2. The van der Waals surface area contributed by atoms with Crippen molar-refractivity contribution in [3.63, 3.8) is 0 Å². The Balaban J connectivity index is 4.48. The van der Waals surface area contributed by atoms with E-state index in [2.05, 4.69) is 5.32 Å². The summed E-state index contributed by atoms with van der Waals surface area (Å²) >= 11 is 0. The molecule has 0 fully saturated rings. The molecule has 0 aliphatic rings. The van der Waals surface area contributed by atoms with Crippen LogP contribution in [0.25, 0.3) is 0 Å². The fourth-order valence-corrected chi connectivity index (χ4v) is 1.29. The first-order chi connectivity index (χ1) is 5.39. The largest absolute Gasteiger partial charge is 0.387 e. The lowest BCUT2D eigenvalue weighted by atomic mass is 10.4. The highest BCUT2D eigenvalue weighted by molar-refractivity contribution is 7.94. The Morgan fingerprint density at radius 3 is 2.25 bits per heavy atom. The van der Waals surface area contributed by atoms with Crippen LogP contribution < -0.4 is 11.1 Å². The van der Waals surface area contributed by atoms with E-state index >= 15 is 0 Å². The summed E-state index contributed by atoms with van der Waals surface area (Å²) in [5.41, 5.74) is 5.92. The molecule has 0 spiro atoms. The molecule has 3 N–H and O–H groups in total. The lowest BCUT2D eigenvalue weighted by Crippen LogP contribution is -2.22. The molecule has 0 aromatic carbocycles. The average molecular weight is 192 g/mol. The molecule has 0 saturated carbocycles. The monoisotopic (exact) mass is 192 g/mol. The molecule has 0 bridgehead atoms. The molecule has 0 amide bonds. The molecule has 12 heavy (non-hydrogen) atoms. The Bertz CT molecular complexity index is 267. The van der Waals surface area contributed by atoms with Crippen LogP contribution in [-0.2, 0) is 9.84 Å². The van der Waals surface area contributed by atoms with Crippen LogP contribution >= 0.6 is 0 Å². The van der Waals surface area contributed by atoms with Gasteiger partial charge in [-0.15, -0.1) is 0 Å². The summed E-state index contributed by atoms with van der Waals surface area (Å²) in [4.78, 5) is 0.371. The Kier molecular flexibility index (Phi) is 4.26. The summed E-state index contributed by atoms with van der Waals surface area (Å²) < 4.78 is 22.0. The Hall–Kier alpha value is -0.550. The molecule has 4 nitrogen and oxygen atoms in total. The van der Waals surface area contributed by atoms with E-state index in [0.29, 0.717) is 23.7 Å². The first kappa shape index (κ1) is 11.4. The second-order valence-electron chi connectivity index (χ2n) is 2.67. The Morgan fingerprint density at radius 1 is 1.42 bits per heavy atom. The standard InChI is InChI=1S/C7H16N2O2S/c1-6(9-5-4-8)7(2)12(3,10)11/h9H,4-5,8H2,1-3H3/b7-6-. The van der Waals surface area contributed by atoms with Gasteiger partial charge in [-0.2, -0.15) is 0 Å². The van der Waals surface area contributed by atoms with Gasteiger partial charge in [-0.3, -0.25) is 0 Å². The number of sulfone groups is 1. The highest BCUT2D eigenvalue weighted by Gasteiger charge is 2.07. The molecule has 0 saturated heterocycles. The molecule has 0 unspecified atom stereocenters. The van der Waals surface area contributed by atoms with Crippen molar-refractivity contribution >= 4 is 9.84 Å². The minimum Gasteiger partial charge on any atom is -0.387 e. The van der Waals surface area contributed by atoms with Gasteiger partial charge in [0.1, 0.15) is 0 Å². The van der Waals surface area contributed by atoms with Crippen LogP contribution in [0.5, 0.6) is 0 Å². The summed E-state index contributed by atoms with van der Waals surface area (Å²) in [6, 6.07) is 0. The summed E-state index contributed by atoms with van der Waals surface area (Å²) in [5.74, 6) is 0. The van der Waals surface area contributed by atoms with Crippen LogP contribution in [0.4, 0.5) is 0 Å². The van der Waals surface area contributed by atoms with Gasteiger partial charge in [-0.1, -0.05) is 0 Å². The van der Waals surface area contributed by atoms with Gasteiger partial charge in [-0.25, -0.2) is 8.42 Å².